The summed E-state index contributed by atoms with van der Waals surface area (Å²) in [4.78, 5) is 1.26. The van der Waals surface area contributed by atoms with Crippen molar-refractivity contribution in [3.63, 3.8) is 0 Å². The molecule has 0 spiro atoms. The molecule has 7 heteroatoms. The van der Waals surface area contributed by atoms with Gasteiger partial charge in [0, 0.05) is 12.1 Å². The average molecular weight is 413 g/mol. The number of hydrogen-bond donors (Lipinski definition) is 0. The van der Waals surface area contributed by atoms with Crippen LogP contribution in [0.15, 0.2) is 87.5 Å². The van der Waals surface area contributed by atoms with Gasteiger partial charge in [-0.25, -0.2) is 0 Å². The molecule has 146 valence electrons. The lowest BCUT2D eigenvalue weighted by Crippen LogP contribution is -2.11. The van der Waals surface area contributed by atoms with E-state index < -0.39 is 34.4 Å². The summed E-state index contributed by atoms with van der Waals surface area (Å²) >= 11 is 0. The van der Waals surface area contributed by atoms with E-state index in [2.05, 4.69) is 0 Å². The maximum Gasteiger partial charge on any atom is 0.416 e. The third-order valence-corrected chi connectivity index (χ3v) is 6.20. The molecule has 3 aromatic rings. The predicted molar refractivity (Wildman–Crippen MR) is 96.2 cm³/mol. The lowest BCUT2D eigenvalue weighted by Gasteiger charge is -2.13. The van der Waals surface area contributed by atoms with Crippen LogP contribution in [0.3, 0.4) is 0 Å². The molecule has 0 aliphatic rings. The van der Waals surface area contributed by atoms with Crippen molar-refractivity contribution in [1.29, 1.82) is 0 Å². The summed E-state index contributed by atoms with van der Waals surface area (Å²) < 4.78 is 79.1. The van der Waals surface area contributed by atoms with Gasteiger partial charge in [-0.3, -0.25) is 0 Å². The first-order valence-electron chi connectivity index (χ1n) is 8.21. The maximum absolute atomic E-state index is 13.2. The molecule has 0 saturated carbocycles. The SMILES string of the molecule is Cc1cccc([S+](c2cccc(C(F)(F)F)c2)c2cccc(C(F)(F)F)c2)c1. The highest BCUT2D eigenvalue weighted by atomic mass is 32.2. The van der Waals surface area contributed by atoms with Crippen LogP contribution < -0.4 is 0 Å². The molecule has 0 amide bonds. The zero-order valence-electron chi connectivity index (χ0n) is 14.6. The van der Waals surface area contributed by atoms with Gasteiger partial charge in [-0.1, -0.05) is 24.3 Å². The smallest absolute Gasteiger partial charge is 0.166 e. The van der Waals surface area contributed by atoms with E-state index in [1.54, 1.807) is 18.2 Å². The Kier molecular flexibility index (Phi) is 5.48. The van der Waals surface area contributed by atoms with Crippen molar-refractivity contribution >= 4 is 10.9 Å². The Morgan fingerprint density at radius 3 is 1.36 bits per heavy atom. The summed E-state index contributed by atoms with van der Waals surface area (Å²) in [7, 11) is -1.12. The highest BCUT2D eigenvalue weighted by molar-refractivity contribution is 7.97. The van der Waals surface area contributed by atoms with Crippen molar-refractivity contribution in [3.05, 3.63) is 89.5 Å². The van der Waals surface area contributed by atoms with E-state index in [1.807, 2.05) is 13.0 Å². The summed E-state index contributed by atoms with van der Waals surface area (Å²) in [6, 6.07) is 16.6. The van der Waals surface area contributed by atoms with Gasteiger partial charge < -0.3 is 0 Å². The summed E-state index contributed by atoms with van der Waals surface area (Å²) in [6.07, 6.45) is -9.07. The molecular weight excluding hydrogens is 398 g/mol. The van der Waals surface area contributed by atoms with Gasteiger partial charge in [-0.05, 0) is 48.9 Å². The number of alkyl halides is 6. The molecule has 0 aliphatic carbocycles. The van der Waals surface area contributed by atoms with Crippen LogP contribution in [-0.2, 0) is 23.2 Å². The van der Waals surface area contributed by atoms with Crippen LogP contribution in [0.25, 0.3) is 0 Å². The van der Waals surface area contributed by atoms with Crippen LogP contribution in [0.4, 0.5) is 26.3 Å². The fourth-order valence-corrected chi connectivity index (χ4v) is 5.00. The second kappa shape index (κ2) is 7.54. The lowest BCUT2D eigenvalue weighted by molar-refractivity contribution is -0.138. The largest absolute Gasteiger partial charge is 0.416 e. The van der Waals surface area contributed by atoms with Crippen molar-refractivity contribution in [1.82, 2.24) is 0 Å². The fraction of sp³-hybridized carbons (Fsp3) is 0.143. The van der Waals surface area contributed by atoms with Crippen molar-refractivity contribution < 1.29 is 26.3 Å². The molecule has 0 aromatic heterocycles. The predicted octanol–water partition coefficient (Wildman–Crippen LogP) is 7.13. The molecule has 0 fully saturated rings. The van der Waals surface area contributed by atoms with Gasteiger partial charge in [0.15, 0.2) is 14.7 Å². The normalized spacial score (nSPS) is 12.4. The van der Waals surface area contributed by atoms with Gasteiger partial charge in [0.2, 0.25) is 0 Å². The Morgan fingerprint density at radius 2 is 0.964 bits per heavy atom. The van der Waals surface area contributed by atoms with E-state index in [-0.39, 0.29) is 0 Å². The number of benzene rings is 3. The van der Waals surface area contributed by atoms with Crippen LogP contribution in [-0.4, -0.2) is 0 Å². The van der Waals surface area contributed by atoms with Gasteiger partial charge in [-0.2, -0.15) is 26.3 Å². The minimum atomic E-state index is -4.54. The molecule has 3 aromatic carbocycles. The lowest BCUT2D eigenvalue weighted by atomic mass is 10.2. The zero-order chi connectivity index (χ0) is 20.5. The summed E-state index contributed by atoms with van der Waals surface area (Å²) in [5.74, 6) is 0. The molecule has 28 heavy (non-hydrogen) atoms. The zero-order valence-corrected chi connectivity index (χ0v) is 15.4. The minimum absolute atomic E-state index is 0.305. The number of rotatable bonds is 3. The summed E-state index contributed by atoms with van der Waals surface area (Å²) in [5, 5.41) is 0. The van der Waals surface area contributed by atoms with Crippen LogP contribution in [0, 0.1) is 6.92 Å². The number of halogens is 6. The van der Waals surface area contributed by atoms with E-state index >= 15 is 0 Å². The molecule has 0 N–H and O–H groups in total. The van der Waals surface area contributed by atoms with Crippen molar-refractivity contribution in [2.24, 2.45) is 0 Å². The topological polar surface area (TPSA) is 0 Å². The second-order valence-corrected chi connectivity index (χ2v) is 8.20. The van der Waals surface area contributed by atoms with Gasteiger partial charge >= 0.3 is 12.4 Å². The Balaban J connectivity index is 2.20. The molecule has 0 aliphatic heterocycles. The van der Waals surface area contributed by atoms with Crippen molar-refractivity contribution in [2.45, 2.75) is 34.0 Å². The minimum Gasteiger partial charge on any atom is -0.166 e. The number of hydrogen-bond acceptors (Lipinski definition) is 0. The molecule has 0 heterocycles. The molecule has 0 atom stereocenters. The molecular formula is C21H15F6S+. The first-order chi connectivity index (χ1) is 13.1. The van der Waals surface area contributed by atoms with Gasteiger partial charge in [-0.15, -0.1) is 0 Å². The van der Waals surface area contributed by atoms with Gasteiger partial charge in [0.1, 0.15) is 0 Å². The summed E-state index contributed by atoms with van der Waals surface area (Å²) in [6.45, 7) is 1.82. The first kappa shape index (κ1) is 20.3. The Labute approximate surface area is 161 Å². The van der Waals surface area contributed by atoms with Crippen molar-refractivity contribution in [2.75, 3.05) is 0 Å². The molecule has 0 nitrogen and oxygen atoms in total. The van der Waals surface area contributed by atoms with Crippen LogP contribution in [0.5, 0.6) is 0 Å². The van der Waals surface area contributed by atoms with Gasteiger partial charge in [0.05, 0.1) is 22.0 Å². The van der Waals surface area contributed by atoms with Crippen LogP contribution in [0.2, 0.25) is 0 Å². The van der Waals surface area contributed by atoms with Crippen LogP contribution in [0.1, 0.15) is 16.7 Å². The second-order valence-electron chi connectivity index (χ2n) is 6.17. The Hall–Kier alpha value is -2.41. The Morgan fingerprint density at radius 1 is 0.571 bits per heavy atom. The van der Waals surface area contributed by atoms with Crippen molar-refractivity contribution in [3.8, 4) is 0 Å². The van der Waals surface area contributed by atoms with E-state index in [0.717, 1.165) is 29.8 Å². The van der Waals surface area contributed by atoms with E-state index in [4.69, 9.17) is 0 Å². The highest BCUT2D eigenvalue weighted by Gasteiger charge is 2.37. The van der Waals surface area contributed by atoms with Crippen LogP contribution >= 0.6 is 0 Å². The molecule has 0 radical (unpaired) electrons. The van der Waals surface area contributed by atoms with E-state index in [1.165, 1.54) is 24.3 Å². The quantitative estimate of drug-likeness (QED) is 0.317. The van der Waals surface area contributed by atoms with E-state index in [9.17, 15) is 26.3 Å². The average Bonchev–Trinajstić information content (AvgIpc) is 2.61. The summed E-state index contributed by atoms with van der Waals surface area (Å²) in [5.41, 5.74) is -0.793. The first-order valence-corrected chi connectivity index (χ1v) is 9.44. The fourth-order valence-electron chi connectivity index (χ4n) is 2.75. The third kappa shape index (κ3) is 4.52. The maximum atomic E-state index is 13.2. The van der Waals surface area contributed by atoms with E-state index in [0.29, 0.717) is 14.7 Å². The molecule has 0 saturated heterocycles. The standard InChI is InChI=1S/C21H15F6S/c1-14-5-2-8-17(11-14)28(18-9-3-6-15(12-18)20(22,23)24)19-10-4-7-16(13-19)21(25,26)27/h2-13H,1H3/q+1. The van der Waals surface area contributed by atoms with Gasteiger partial charge in [0.25, 0.3) is 0 Å². The molecule has 3 rings (SSSR count). The highest BCUT2D eigenvalue weighted by Crippen LogP contribution is 2.38. The third-order valence-electron chi connectivity index (χ3n) is 4.02. The number of aryl methyl sites for hydroxylation is 1. The molecule has 0 unspecified atom stereocenters. The Bertz CT molecular complexity index is 917. The molecule has 0 bridgehead atoms. The monoisotopic (exact) mass is 413 g/mol.